The molecule has 1 saturated heterocycles. The van der Waals surface area contributed by atoms with Gasteiger partial charge in [-0.3, -0.25) is 10.1 Å². The molecule has 7 heteroatoms. The first-order valence-electron chi connectivity index (χ1n) is 5.83. The van der Waals surface area contributed by atoms with Crippen LogP contribution >= 0.6 is 0 Å². The molecule has 0 radical (unpaired) electrons. The van der Waals surface area contributed by atoms with Crippen molar-refractivity contribution in [1.82, 2.24) is 0 Å². The van der Waals surface area contributed by atoms with Crippen LogP contribution < -0.4 is 4.90 Å². The maximum atomic E-state index is 11.1. The quantitative estimate of drug-likeness (QED) is 0.358. The van der Waals surface area contributed by atoms with E-state index in [0.717, 1.165) is 0 Å². The van der Waals surface area contributed by atoms with Crippen LogP contribution in [0.3, 0.4) is 0 Å². The number of nitro benzene ring substituents is 1. The van der Waals surface area contributed by atoms with Gasteiger partial charge in [-0.25, -0.2) is 4.79 Å². The van der Waals surface area contributed by atoms with E-state index < -0.39 is 4.92 Å². The minimum Gasteiger partial charge on any atom is -0.378 e. The van der Waals surface area contributed by atoms with Crippen molar-refractivity contribution in [3.63, 3.8) is 0 Å². The number of hydrogen-bond donors (Lipinski definition) is 0. The van der Waals surface area contributed by atoms with E-state index in [2.05, 4.69) is 4.99 Å². The van der Waals surface area contributed by atoms with Gasteiger partial charge >= 0.3 is 0 Å². The molecule has 0 amide bonds. The number of anilines is 1. The van der Waals surface area contributed by atoms with Crippen LogP contribution in [-0.4, -0.2) is 37.3 Å². The number of hydrogen-bond acceptors (Lipinski definition) is 6. The predicted octanol–water partition coefficient (Wildman–Crippen LogP) is 1.71. The number of morpholine rings is 1. The normalized spacial score (nSPS) is 14.9. The van der Waals surface area contributed by atoms with E-state index in [1.807, 2.05) is 4.90 Å². The van der Waals surface area contributed by atoms with Crippen molar-refractivity contribution in [3.8, 4) is 0 Å². The molecule has 1 aliphatic heterocycles. The van der Waals surface area contributed by atoms with Crippen LogP contribution in [0.25, 0.3) is 0 Å². The van der Waals surface area contributed by atoms with Gasteiger partial charge in [0.25, 0.3) is 5.69 Å². The Bertz CT molecular complexity index is 546. The molecule has 100 valence electrons. The molecule has 1 aromatic rings. The average Bonchev–Trinajstić information content (AvgIpc) is 2.41. The van der Waals surface area contributed by atoms with Gasteiger partial charge in [0.2, 0.25) is 6.08 Å². The van der Waals surface area contributed by atoms with Crippen molar-refractivity contribution in [3.05, 3.63) is 27.8 Å². The van der Waals surface area contributed by atoms with Gasteiger partial charge in [-0.2, -0.15) is 4.99 Å². The Morgan fingerprint density at radius 2 is 2.11 bits per heavy atom. The van der Waals surface area contributed by atoms with Crippen molar-refractivity contribution in [2.45, 2.75) is 6.92 Å². The molecule has 19 heavy (non-hydrogen) atoms. The highest BCUT2D eigenvalue weighted by Crippen LogP contribution is 2.35. The van der Waals surface area contributed by atoms with Crippen molar-refractivity contribution in [2.24, 2.45) is 4.99 Å². The maximum absolute atomic E-state index is 11.1. The zero-order valence-corrected chi connectivity index (χ0v) is 10.5. The Morgan fingerprint density at radius 3 is 2.68 bits per heavy atom. The van der Waals surface area contributed by atoms with Crippen molar-refractivity contribution < 1.29 is 14.5 Å². The molecule has 1 aliphatic rings. The first kappa shape index (κ1) is 13.2. The van der Waals surface area contributed by atoms with Crippen LogP contribution in [0.5, 0.6) is 0 Å². The van der Waals surface area contributed by atoms with E-state index in [-0.39, 0.29) is 5.69 Å². The monoisotopic (exact) mass is 263 g/mol. The van der Waals surface area contributed by atoms with Gasteiger partial charge in [-0.15, -0.1) is 0 Å². The van der Waals surface area contributed by atoms with E-state index in [1.54, 1.807) is 13.0 Å². The highest BCUT2D eigenvalue weighted by molar-refractivity contribution is 5.72. The lowest BCUT2D eigenvalue weighted by molar-refractivity contribution is -0.384. The van der Waals surface area contributed by atoms with Gasteiger partial charge in [0.05, 0.1) is 23.8 Å². The lowest BCUT2D eigenvalue weighted by Gasteiger charge is -2.28. The maximum Gasteiger partial charge on any atom is 0.292 e. The van der Waals surface area contributed by atoms with Gasteiger partial charge in [0, 0.05) is 19.2 Å². The van der Waals surface area contributed by atoms with E-state index in [1.165, 1.54) is 12.1 Å². The second kappa shape index (κ2) is 5.60. The summed E-state index contributed by atoms with van der Waals surface area (Å²) in [7, 11) is 0. The Balaban J connectivity index is 2.50. The van der Waals surface area contributed by atoms with E-state index in [0.29, 0.717) is 43.2 Å². The smallest absolute Gasteiger partial charge is 0.292 e. The summed E-state index contributed by atoms with van der Waals surface area (Å²) >= 11 is 0. The second-order valence-corrected chi connectivity index (χ2v) is 4.19. The molecular formula is C12H13N3O4. The van der Waals surface area contributed by atoms with E-state index >= 15 is 0 Å². The highest BCUT2D eigenvalue weighted by atomic mass is 16.6. The molecular weight excluding hydrogens is 250 g/mol. The van der Waals surface area contributed by atoms with Crippen LogP contribution in [0.1, 0.15) is 5.56 Å². The number of benzene rings is 1. The molecule has 1 heterocycles. The van der Waals surface area contributed by atoms with Crippen LogP contribution in [-0.2, 0) is 9.53 Å². The third-order valence-corrected chi connectivity index (χ3v) is 3.01. The van der Waals surface area contributed by atoms with Crippen molar-refractivity contribution in [2.75, 3.05) is 31.2 Å². The summed E-state index contributed by atoms with van der Waals surface area (Å²) in [6.07, 6.45) is 1.47. The molecule has 0 bridgehead atoms. The predicted molar refractivity (Wildman–Crippen MR) is 68.6 cm³/mol. The second-order valence-electron chi connectivity index (χ2n) is 4.19. The number of isocyanates is 1. The molecule has 0 saturated carbocycles. The number of nitro groups is 1. The molecule has 0 N–H and O–H groups in total. The van der Waals surface area contributed by atoms with E-state index in [4.69, 9.17) is 4.74 Å². The third kappa shape index (κ3) is 2.78. The summed E-state index contributed by atoms with van der Waals surface area (Å²) in [5.74, 6) is 0. The molecule has 0 aromatic heterocycles. The zero-order chi connectivity index (χ0) is 13.8. The van der Waals surface area contributed by atoms with Gasteiger partial charge in [-0.1, -0.05) is 0 Å². The molecule has 1 fully saturated rings. The topological polar surface area (TPSA) is 85.0 Å². The lowest BCUT2D eigenvalue weighted by Crippen LogP contribution is -2.36. The molecule has 2 rings (SSSR count). The van der Waals surface area contributed by atoms with Gasteiger partial charge in [-0.05, 0) is 18.6 Å². The van der Waals surface area contributed by atoms with Gasteiger partial charge in [0.1, 0.15) is 5.69 Å². The van der Waals surface area contributed by atoms with Crippen LogP contribution in [0.15, 0.2) is 17.1 Å². The molecule has 0 spiro atoms. The highest BCUT2D eigenvalue weighted by Gasteiger charge is 2.23. The SMILES string of the molecule is Cc1cc([N+](=O)[O-])c(N2CCOCC2)cc1N=C=O. The largest absolute Gasteiger partial charge is 0.378 e. The summed E-state index contributed by atoms with van der Waals surface area (Å²) in [5.41, 5.74) is 1.46. The number of ether oxygens (including phenoxy) is 1. The van der Waals surface area contributed by atoms with Crippen LogP contribution in [0.4, 0.5) is 17.1 Å². The fourth-order valence-electron chi connectivity index (χ4n) is 2.04. The molecule has 0 unspecified atom stereocenters. The summed E-state index contributed by atoms with van der Waals surface area (Å²) in [6, 6.07) is 2.99. The standard InChI is InChI=1S/C12H13N3O4/c1-9-6-12(15(17)18)11(7-10(9)13-8-16)14-2-4-19-5-3-14/h6-7H,2-5H2,1H3. The van der Waals surface area contributed by atoms with E-state index in [9.17, 15) is 14.9 Å². The Hall–Kier alpha value is -2.24. The van der Waals surface area contributed by atoms with Crippen LogP contribution in [0.2, 0.25) is 0 Å². The Kier molecular flexibility index (Phi) is 3.89. The molecule has 0 aliphatic carbocycles. The number of carbonyl (C=O) groups excluding carboxylic acids is 1. The summed E-state index contributed by atoms with van der Waals surface area (Å²) in [6.45, 7) is 3.88. The number of nitrogens with zero attached hydrogens (tertiary/aromatic N) is 3. The fourth-order valence-corrected chi connectivity index (χ4v) is 2.04. The minimum atomic E-state index is -0.424. The summed E-state index contributed by atoms with van der Waals surface area (Å²) in [4.78, 5) is 26.5. The van der Waals surface area contributed by atoms with Gasteiger partial charge in [0.15, 0.2) is 0 Å². The summed E-state index contributed by atoms with van der Waals surface area (Å²) in [5, 5.41) is 11.1. The summed E-state index contributed by atoms with van der Waals surface area (Å²) < 4.78 is 5.23. The third-order valence-electron chi connectivity index (χ3n) is 3.01. The number of rotatable bonds is 3. The number of aliphatic imine (C=N–C) groups is 1. The Morgan fingerprint density at radius 1 is 1.42 bits per heavy atom. The van der Waals surface area contributed by atoms with Crippen molar-refractivity contribution in [1.29, 1.82) is 0 Å². The Labute approximate surface area is 109 Å². The lowest BCUT2D eigenvalue weighted by atomic mass is 10.1. The zero-order valence-electron chi connectivity index (χ0n) is 10.5. The molecule has 1 aromatic carbocycles. The molecule has 7 nitrogen and oxygen atoms in total. The first-order chi connectivity index (χ1) is 9.13. The molecule has 0 atom stereocenters. The minimum absolute atomic E-state index is 0.0178. The van der Waals surface area contributed by atoms with Crippen molar-refractivity contribution >= 4 is 23.1 Å². The fraction of sp³-hybridized carbons (Fsp3) is 0.417. The van der Waals surface area contributed by atoms with Crippen LogP contribution in [0, 0.1) is 17.0 Å². The first-order valence-corrected chi connectivity index (χ1v) is 5.83. The van der Waals surface area contributed by atoms with Gasteiger partial charge < -0.3 is 9.64 Å². The number of aryl methyl sites for hydroxylation is 1. The average molecular weight is 263 g/mol.